The van der Waals surface area contributed by atoms with Crippen molar-refractivity contribution in [2.75, 3.05) is 38.1 Å². The third-order valence-corrected chi connectivity index (χ3v) is 11.4. The fourth-order valence-electron chi connectivity index (χ4n) is 5.16. The van der Waals surface area contributed by atoms with Gasteiger partial charge in [-0.2, -0.15) is 8.61 Å². The van der Waals surface area contributed by atoms with Gasteiger partial charge >= 0.3 is 5.97 Å². The van der Waals surface area contributed by atoms with Crippen LogP contribution < -0.4 is 5.32 Å². The lowest BCUT2D eigenvalue weighted by molar-refractivity contribution is -0.149. The van der Waals surface area contributed by atoms with Crippen molar-refractivity contribution in [2.24, 2.45) is 5.92 Å². The molecule has 0 spiro atoms. The molecule has 2 aromatic carbocycles. The maximum Gasteiger partial charge on any atom is 0.309 e. The summed E-state index contributed by atoms with van der Waals surface area (Å²) in [4.78, 5) is 25.1. The Hall–Kier alpha value is -2.80. The summed E-state index contributed by atoms with van der Waals surface area (Å²) in [6.07, 6.45) is 3.49. The number of carbonyl (C=O) groups is 2. The van der Waals surface area contributed by atoms with Gasteiger partial charge in [0, 0.05) is 36.9 Å². The highest BCUT2D eigenvalue weighted by molar-refractivity contribution is 7.89. The second-order valence-electron chi connectivity index (χ2n) is 10.2. The second-order valence-corrected chi connectivity index (χ2v) is 14.0. The van der Waals surface area contributed by atoms with Crippen LogP contribution in [0, 0.1) is 5.92 Å². The number of carbonyl (C=O) groups excluding carboxylic acids is 2. The molecule has 2 saturated heterocycles. The number of ether oxygens (including phenoxy) is 1. The Bertz CT molecular complexity index is 1420. The number of piperidine rings is 2. The van der Waals surface area contributed by atoms with Gasteiger partial charge in [0.05, 0.1) is 28.9 Å². The molecule has 2 aromatic rings. The fourth-order valence-corrected chi connectivity index (χ4v) is 8.38. The number of Topliss-reactive ketones (excluding diaryl/α,β-unsaturated/α-hetero) is 1. The van der Waals surface area contributed by atoms with Crippen LogP contribution in [0.2, 0.25) is 0 Å². The van der Waals surface area contributed by atoms with E-state index in [0.717, 1.165) is 19.3 Å². The Kier molecular flexibility index (Phi) is 9.65. The van der Waals surface area contributed by atoms with Crippen LogP contribution in [0.4, 0.5) is 5.69 Å². The molecule has 10 nitrogen and oxygen atoms in total. The molecule has 0 radical (unpaired) electrons. The summed E-state index contributed by atoms with van der Waals surface area (Å²) >= 11 is 0. The van der Waals surface area contributed by atoms with E-state index >= 15 is 0 Å². The largest absolute Gasteiger partial charge is 0.466 e. The number of nitrogens with one attached hydrogen (secondary N) is 1. The lowest BCUT2D eigenvalue weighted by atomic mass is 9.98. The first-order valence-corrected chi connectivity index (χ1v) is 16.6. The molecule has 0 aromatic heterocycles. The van der Waals surface area contributed by atoms with Crippen molar-refractivity contribution < 1.29 is 31.2 Å². The second kappa shape index (κ2) is 12.8. The molecule has 0 aliphatic carbocycles. The molecule has 0 amide bonds. The molecule has 1 N–H and O–H groups in total. The lowest BCUT2D eigenvalue weighted by Crippen LogP contribution is -2.41. The van der Waals surface area contributed by atoms with E-state index < -0.39 is 20.0 Å². The van der Waals surface area contributed by atoms with Crippen LogP contribution in [0.15, 0.2) is 58.3 Å². The monoisotopic (exact) mass is 591 g/mol. The molecule has 2 heterocycles. The number of ketones is 1. The molecule has 2 fully saturated rings. The van der Waals surface area contributed by atoms with Crippen molar-refractivity contribution in [1.29, 1.82) is 0 Å². The van der Waals surface area contributed by atoms with Crippen molar-refractivity contribution in [3.05, 3.63) is 54.1 Å². The highest BCUT2D eigenvalue weighted by atomic mass is 32.2. The molecular formula is C28H37N3O7S2. The Morgan fingerprint density at radius 1 is 0.900 bits per heavy atom. The van der Waals surface area contributed by atoms with Crippen LogP contribution >= 0.6 is 0 Å². The summed E-state index contributed by atoms with van der Waals surface area (Å²) in [6.45, 7) is 4.77. The summed E-state index contributed by atoms with van der Waals surface area (Å²) in [5.41, 5.74) is 0.820. The van der Waals surface area contributed by atoms with E-state index in [0.29, 0.717) is 31.7 Å². The predicted molar refractivity (Wildman–Crippen MR) is 151 cm³/mol. The van der Waals surface area contributed by atoms with E-state index in [1.54, 1.807) is 29.4 Å². The summed E-state index contributed by atoms with van der Waals surface area (Å²) < 4.78 is 60.5. The summed E-state index contributed by atoms with van der Waals surface area (Å²) in [7, 11) is -7.42. The zero-order chi connectivity index (χ0) is 28.9. The summed E-state index contributed by atoms with van der Waals surface area (Å²) in [5.74, 6) is -0.919. The first kappa shape index (κ1) is 30.2. The number of hydrogen-bond acceptors (Lipinski definition) is 8. The minimum absolute atomic E-state index is 0.0226. The van der Waals surface area contributed by atoms with Gasteiger partial charge < -0.3 is 10.1 Å². The van der Waals surface area contributed by atoms with Crippen LogP contribution in [0.25, 0.3) is 0 Å². The minimum atomic E-state index is -3.83. The van der Waals surface area contributed by atoms with Crippen molar-refractivity contribution in [1.82, 2.24) is 8.61 Å². The minimum Gasteiger partial charge on any atom is -0.466 e. The van der Waals surface area contributed by atoms with Crippen LogP contribution in [-0.4, -0.2) is 76.0 Å². The standard InChI is InChI=1S/C28H37N3O7S2/c1-3-38-28(33)22-14-17-30(18-15-22)39(34,35)26-9-6-8-23(19-26)27(32)20-29-24-10-12-25(13-11-24)40(36,37)31-16-5-4-7-21(31)2/h6,8-13,19,21-22,29H,3-5,7,14-18,20H2,1-2H3. The Labute approximate surface area is 236 Å². The van der Waals surface area contributed by atoms with E-state index in [9.17, 15) is 26.4 Å². The number of benzene rings is 2. The zero-order valence-corrected chi connectivity index (χ0v) is 24.5. The summed E-state index contributed by atoms with van der Waals surface area (Å²) in [5, 5.41) is 3.00. The van der Waals surface area contributed by atoms with Gasteiger partial charge in [-0.3, -0.25) is 9.59 Å². The molecule has 2 aliphatic rings. The molecule has 4 rings (SSSR count). The molecule has 2 aliphatic heterocycles. The van der Waals surface area contributed by atoms with Gasteiger partial charge in [-0.25, -0.2) is 16.8 Å². The molecule has 1 atom stereocenters. The first-order chi connectivity index (χ1) is 19.0. The van der Waals surface area contributed by atoms with Crippen LogP contribution in [0.3, 0.4) is 0 Å². The van der Waals surface area contributed by atoms with Gasteiger partial charge in [-0.15, -0.1) is 0 Å². The van der Waals surface area contributed by atoms with Gasteiger partial charge in [-0.1, -0.05) is 18.6 Å². The topological polar surface area (TPSA) is 130 Å². The zero-order valence-electron chi connectivity index (χ0n) is 22.9. The van der Waals surface area contributed by atoms with Crippen LogP contribution in [0.1, 0.15) is 56.3 Å². The third kappa shape index (κ3) is 6.73. The van der Waals surface area contributed by atoms with Crippen molar-refractivity contribution in [3.63, 3.8) is 0 Å². The third-order valence-electron chi connectivity index (χ3n) is 7.52. The van der Waals surface area contributed by atoms with Gasteiger partial charge in [-0.05, 0) is 75.9 Å². The van der Waals surface area contributed by atoms with E-state index in [1.807, 2.05) is 6.92 Å². The highest BCUT2D eigenvalue weighted by Gasteiger charge is 2.33. The maximum absolute atomic E-state index is 13.2. The number of esters is 1. The first-order valence-electron chi connectivity index (χ1n) is 13.7. The van der Waals surface area contributed by atoms with Crippen LogP contribution in [0.5, 0.6) is 0 Å². The maximum atomic E-state index is 13.2. The smallest absolute Gasteiger partial charge is 0.309 e. The Morgan fingerprint density at radius 3 is 2.25 bits per heavy atom. The van der Waals surface area contributed by atoms with Crippen LogP contribution in [-0.2, 0) is 29.6 Å². The Morgan fingerprint density at radius 2 is 1.60 bits per heavy atom. The average Bonchev–Trinajstić information content (AvgIpc) is 2.96. The Balaban J connectivity index is 1.37. The van der Waals surface area contributed by atoms with Gasteiger partial charge in [0.25, 0.3) is 0 Å². The molecule has 40 heavy (non-hydrogen) atoms. The van der Waals surface area contributed by atoms with Gasteiger partial charge in [0.1, 0.15) is 0 Å². The van der Waals surface area contributed by atoms with Crippen molar-refractivity contribution >= 4 is 37.5 Å². The summed E-state index contributed by atoms with van der Waals surface area (Å²) in [6, 6.07) is 12.2. The number of anilines is 1. The average molecular weight is 592 g/mol. The predicted octanol–water partition coefficient (Wildman–Crippen LogP) is 3.51. The SMILES string of the molecule is CCOC(=O)C1CCN(S(=O)(=O)c2cccc(C(=O)CNc3ccc(S(=O)(=O)N4CCCCC4C)cc3)c2)CC1. The van der Waals surface area contributed by atoms with E-state index in [1.165, 1.54) is 34.6 Å². The van der Waals surface area contributed by atoms with E-state index in [-0.39, 0.29) is 58.7 Å². The fraction of sp³-hybridized carbons (Fsp3) is 0.500. The number of rotatable bonds is 10. The number of hydrogen-bond donors (Lipinski definition) is 1. The van der Waals surface area contributed by atoms with Gasteiger partial charge in [0.2, 0.25) is 20.0 Å². The molecule has 12 heteroatoms. The molecule has 1 unspecified atom stereocenters. The quantitative estimate of drug-likeness (QED) is 0.328. The highest BCUT2D eigenvalue weighted by Crippen LogP contribution is 2.27. The molecule has 218 valence electrons. The van der Waals surface area contributed by atoms with E-state index in [2.05, 4.69) is 5.32 Å². The lowest BCUT2D eigenvalue weighted by Gasteiger charge is -2.32. The normalized spacial score (nSPS) is 19.7. The van der Waals surface area contributed by atoms with Crippen molar-refractivity contribution in [2.45, 2.75) is 61.8 Å². The number of sulfonamides is 2. The van der Waals surface area contributed by atoms with Crippen molar-refractivity contribution in [3.8, 4) is 0 Å². The molecular weight excluding hydrogens is 554 g/mol. The van der Waals surface area contributed by atoms with Gasteiger partial charge in [0.15, 0.2) is 5.78 Å². The molecule has 0 bridgehead atoms. The number of nitrogens with zero attached hydrogens (tertiary/aromatic N) is 2. The molecule has 0 saturated carbocycles. The van der Waals surface area contributed by atoms with E-state index in [4.69, 9.17) is 4.74 Å².